The highest BCUT2D eigenvalue weighted by Crippen LogP contribution is 2.42. The second-order valence-corrected chi connectivity index (χ2v) is 9.19. The number of halogens is 4. The Labute approximate surface area is 213 Å². The van der Waals surface area contributed by atoms with Crippen molar-refractivity contribution < 1.29 is 17.6 Å². The normalized spacial score (nSPS) is 14.9. The zero-order chi connectivity index (χ0) is 26.8. The van der Waals surface area contributed by atoms with Gasteiger partial charge in [0.25, 0.3) is 0 Å². The van der Waals surface area contributed by atoms with Crippen molar-refractivity contribution in [1.29, 1.82) is 0 Å². The molecular formula is C25H21F4N9. The van der Waals surface area contributed by atoms with Crippen LogP contribution in [0.4, 0.5) is 29.3 Å². The number of alkyl halides is 2. The van der Waals surface area contributed by atoms with Crippen LogP contribution in [0, 0.1) is 18.6 Å². The summed E-state index contributed by atoms with van der Waals surface area (Å²) in [6.07, 6.45) is 5.20. The van der Waals surface area contributed by atoms with E-state index in [0.717, 1.165) is 29.3 Å². The third kappa shape index (κ3) is 3.64. The van der Waals surface area contributed by atoms with Crippen LogP contribution in [0.2, 0.25) is 0 Å². The molecular weight excluding hydrogens is 502 g/mol. The van der Waals surface area contributed by atoms with Crippen LogP contribution in [-0.4, -0.2) is 39.1 Å². The Morgan fingerprint density at radius 1 is 1.11 bits per heavy atom. The topological polar surface area (TPSA) is 91.3 Å². The molecule has 0 saturated carbocycles. The fraction of sp³-hybridized carbons (Fsp3) is 0.240. The molecule has 5 heterocycles. The van der Waals surface area contributed by atoms with Crippen molar-refractivity contribution >= 4 is 11.8 Å². The van der Waals surface area contributed by atoms with E-state index < -0.39 is 35.0 Å². The number of hydrogen-bond acceptors (Lipinski definition) is 6. The maximum Gasteiger partial charge on any atom is 0.337 e. The molecule has 4 aromatic heterocycles. The molecule has 0 unspecified atom stereocenters. The number of nitrogens with one attached hydrogen (secondary N) is 1. The number of aryl methyl sites for hydroxylation is 2. The molecule has 1 aliphatic heterocycles. The van der Waals surface area contributed by atoms with E-state index >= 15 is 8.78 Å². The number of rotatable bonds is 5. The van der Waals surface area contributed by atoms with Gasteiger partial charge in [0, 0.05) is 37.6 Å². The van der Waals surface area contributed by atoms with Gasteiger partial charge in [-0.1, -0.05) is 6.07 Å². The summed E-state index contributed by atoms with van der Waals surface area (Å²) >= 11 is 0. The van der Waals surface area contributed by atoms with Crippen LogP contribution < -0.4 is 5.32 Å². The van der Waals surface area contributed by atoms with Crippen molar-refractivity contribution in [3.05, 3.63) is 77.5 Å². The highest BCUT2D eigenvalue weighted by atomic mass is 19.3. The lowest BCUT2D eigenvalue weighted by Crippen LogP contribution is -2.29. The van der Waals surface area contributed by atoms with Gasteiger partial charge in [0.1, 0.15) is 23.0 Å². The van der Waals surface area contributed by atoms with Gasteiger partial charge in [0.2, 0.25) is 11.8 Å². The fourth-order valence-electron chi connectivity index (χ4n) is 4.76. The summed E-state index contributed by atoms with van der Waals surface area (Å²) in [5, 5.41) is 15.0. The second kappa shape index (κ2) is 8.50. The van der Waals surface area contributed by atoms with E-state index in [1.165, 1.54) is 4.57 Å². The first-order chi connectivity index (χ1) is 18.1. The van der Waals surface area contributed by atoms with Crippen molar-refractivity contribution in [3.8, 4) is 22.8 Å². The standard InChI is InChI=1S/C25H21F4N9/c1-13-10-30-24(32-19-7-8-31-36(19)3)33-21(13)15-9-18-22-34-35-23(38(22)14(2)11-37(18)12-15)25(28,29)20-16(26)5-4-6-17(20)27/h4-10,12,14H,11H2,1-3H3,(H,30,32,33)/t14-/m0/s1. The Morgan fingerprint density at radius 3 is 2.58 bits per heavy atom. The molecule has 0 radical (unpaired) electrons. The molecule has 5 aromatic rings. The summed E-state index contributed by atoms with van der Waals surface area (Å²) < 4.78 is 64.4. The average Bonchev–Trinajstić information content (AvgIpc) is 3.59. The quantitative estimate of drug-likeness (QED) is 0.327. The van der Waals surface area contributed by atoms with Gasteiger partial charge >= 0.3 is 5.92 Å². The van der Waals surface area contributed by atoms with Gasteiger partial charge in [-0.3, -0.25) is 9.25 Å². The smallest absolute Gasteiger partial charge is 0.337 e. The van der Waals surface area contributed by atoms with E-state index in [0.29, 0.717) is 29.7 Å². The zero-order valence-corrected chi connectivity index (χ0v) is 20.5. The maximum atomic E-state index is 15.5. The van der Waals surface area contributed by atoms with Gasteiger partial charge in [0.15, 0.2) is 5.82 Å². The minimum Gasteiger partial charge on any atom is -0.342 e. The van der Waals surface area contributed by atoms with Gasteiger partial charge in [-0.2, -0.15) is 13.9 Å². The van der Waals surface area contributed by atoms with Crippen molar-refractivity contribution in [2.75, 3.05) is 5.32 Å². The number of fused-ring (bicyclic) bond motifs is 3. The van der Waals surface area contributed by atoms with E-state index in [1.807, 2.05) is 17.7 Å². The van der Waals surface area contributed by atoms with E-state index in [4.69, 9.17) is 0 Å². The molecule has 0 bridgehead atoms. The van der Waals surface area contributed by atoms with Crippen molar-refractivity contribution in [2.24, 2.45) is 7.05 Å². The van der Waals surface area contributed by atoms with Crippen LogP contribution in [0.25, 0.3) is 22.8 Å². The summed E-state index contributed by atoms with van der Waals surface area (Å²) in [5.74, 6) is -6.32. The molecule has 1 aromatic carbocycles. The summed E-state index contributed by atoms with van der Waals surface area (Å²) in [6, 6.07) is 5.67. The Kier molecular flexibility index (Phi) is 5.33. The van der Waals surface area contributed by atoms with Gasteiger partial charge in [-0.15, -0.1) is 10.2 Å². The SMILES string of the molecule is Cc1cnc(Nc2ccnn2C)nc1-c1cc2n(c1)C[C@H](C)n1c-2nnc1C(F)(F)c1c(F)cccc1F. The summed E-state index contributed by atoms with van der Waals surface area (Å²) in [5.41, 5.74) is 1.35. The molecule has 1 aliphatic rings. The molecule has 0 saturated heterocycles. The Hall–Kier alpha value is -4.55. The summed E-state index contributed by atoms with van der Waals surface area (Å²) in [4.78, 5) is 9.00. The van der Waals surface area contributed by atoms with Crippen molar-refractivity contribution in [1.82, 2.24) is 39.1 Å². The fourth-order valence-corrected chi connectivity index (χ4v) is 4.76. The van der Waals surface area contributed by atoms with Crippen LogP contribution in [0.5, 0.6) is 0 Å². The molecule has 38 heavy (non-hydrogen) atoms. The molecule has 194 valence electrons. The largest absolute Gasteiger partial charge is 0.342 e. The lowest BCUT2D eigenvalue weighted by molar-refractivity contribution is 0.0192. The average molecular weight is 523 g/mol. The number of anilines is 2. The molecule has 6 rings (SSSR count). The lowest BCUT2D eigenvalue weighted by atomic mass is 10.1. The highest BCUT2D eigenvalue weighted by Gasteiger charge is 2.46. The number of aromatic nitrogens is 8. The van der Waals surface area contributed by atoms with Crippen LogP contribution >= 0.6 is 0 Å². The number of nitrogens with zero attached hydrogens (tertiary/aromatic N) is 8. The molecule has 13 heteroatoms. The van der Waals surface area contributed by atoms with Crippen LogP contribution in [0.3, 0.4) is 0 Å². The first-order valence-corrected chi connectivity index (χ1v) is 11.7. The van der Waals surface area contributed by atoms with E-state index in [9.17, 15) is 8.78 Å². The van der Waals surface area contributed by atoms with Gasteiger partial charge in [-0.25, -0.2) is 18.7 Å². The van der Waals surface area contributed by atoms with E-state index in [1.54, 1.807) is 43.2 Å². The summed E-state index contributed by atoms with van der Waals surface area (Å²) in [6.45, 7) is 3.90. The summed E-state index contributed by atoms with van der Waals surface area (Å²) in [7, 11) is 1.79. The van der Waals surface area contributed by atoms with Crippen molar-refractivity contribution in [3.63, 3.8) is 0 Å². The third-order valence-electron chi connectivity index (χ3n) is 6.59. The van der Waals surface area contributed by atoms with Crippen LogP contribution in [-0.2, 0) is 19.5 Å². The Morgan fingerprint density at radius 2 is 1.87 bits per heavy atom. The van der Waals surface area contributed by atoms with Crippen LogP contribution in [0.1, 0.15) is 29.9 Å². The Balaban J connectivity index is 1.41. The number of benzene rings is 1. The maximum absolute atomic E-state index is 15.5. The third-order valence-corrected chi connectivity index (χ3v) is 6.59. The van der Waals surface area contributed by atoms with Gasteiger partial charge in [0.05, 0.1) is 23.6 Å². The van der Waals surface area contributed by atoms with Crippen LogP contribution in [0.15, 0.2) is 48.9 Å². The molecule has 0 amide bonds. The van der Waals surface area contributed by atoms with E-state index in [2.05, 4.69) is 30.6 Å². The predicted octanol–water partition coefficient (Wildman–Crippen LogP) is 4.98. The second-order valence-electron chi connectivity index (χ2n) is 9.19. The van der Waals surface area contributed by atoms with Gasteiger partial charge in [-0.05, 0) is 37.6 Å². The van der Waals surface area contributed by atoms with Gasteiger partial charge < -0.3 is 9.88 Å². The molecule has 1 N–H and O–H groups in total. The molecule has 9 nitrogen and oxygen atoms in total. The molecule has 0 aliphatic carbocycles. The van der Waals surface area contributed by atoms with E-state index in [-0.39, 0.29) is 5.82 Å². The number of hydrogen-bond donors (Lipinski definition) is 1. The molecule has 0 spiro atoms. The Bertz CT molecular complexity index is 1660. The first kappa shape index (κ1) is 23.8. The molecule has 0 fully saturated rings. The predicted molar refractivity (Wildman–Crippen MR) is 130 cm³/mol. The minimum atomic E-state index is -4.04. The molecule has 1 atom stereocenters. The first-order valence-electron chi connectivity index (χ1n) is 11.7. The zero-order valence-electron chi connectivity index (χ0n) is 20.5. The lowest BCUT2D eigenvalue weighted by Gasteiger charge is -2.27. The minimum absolute atomic E-state index is 0.168. The monoisotopic (exact) mass is 523 g/mol. The highest BCUT2D eigenvalue weighted by molar-refractivity contribution is 5.71. The van der Waals surface area contributed by atoms with Crippen molar-refractivity contribution in [2.45, 2.75) is 32.4 Å².